The highest BCUT2D eigenvalue weighted by molar-refractivity contribution is 5.29. The third-order valence-corrected chi connectivity index (χ3v) is 2.20. The number of methoxy groups -OCH3 is 1. The van der Waals surface area contributed by atoms with E-state index >= 15 is 0 Å². The molecule has 0 amide bonds. The van der Waals surface area contributed by atoms with Crippen molar-refractivity contribution in [2.45, 2.75) is 6.54 Å². The summed E-state index contributed by atoms with van der Waals surface area (Å²) in [6.07, 6.45) is 0. The van der Waals surface area contributed by atoms with Crippen molar-refractivity contribution in [3.63, 3.8) is 0 Å². The minimum Gasteiger partial charge on any atom is -0.497 e. The number of aliphatic imine (C=N–C) groups is 1. The molecule has 0 aromatic heterocycles. The highest BCUT2D eigenvalue weighted by Gasteiger charge is 2.01. The highest BCUT2D eigenvalue weighted by Crippen LogP contribution is 2.13. The van der Waals surface area contributed by atoms with Crippen molar-refractivity contribution in [2.75, 3.05) is 14.2 Å². The van der Waals surface area contributed by atoms with Gasteiger partial charge in [0.05, 0.1) is 7.11 Å². The van der Waals surface area contributed by atoms with Crippen LogP contribution in [0.15, 0.2) is 41.7 Å². The minimum atomic E-state index is 0.672. The van der Waals surface area contributed by atoms with E-state index in [1.807, 2.05) is 36.2 Å². The van der Waals surface area contributed by atoms with Crippen LogP contribution < -0.4 is 4.74 Å². The fourth-order valence-corrected chi connectivity index (χ4v) is 1.22. The van der Waals surface area contributed by atoms with E-state index in [4.69, 9.17) is 4.74 Å². The number of hydrogen-bond donors (Lipinski definition) is 0. The molecule has 0 saturated carbocycles. The van der Waals surface area contributed by atoms with Crippen LogP contribution in [0.3, 0.4) is 0 Å². The summed E-state index contributed by atoms with van der Waals surface area (Å²) in [5.41, 5.74) is 1.18. The monoisotopic (exact) mass is 204 g/mol. The van der Waals surface area contributed by atoms with E-state index in [-0.39, 0.29) is 0 Å². The van der Waals surface area contributed by atoms with Gasteiger partial charge in [-0.2, -0.15) is 0 Å². The Balaban J connectivity index is 2.64. The first kappa shape index (κ1) is 11.3. The summed E-state index contributed by atoms with van der Waals surface area (Å²) in [6, 6.07) is 7.91. The molecule has 0 saturated heterocycles. The highest BCUT2D eigenvalue weighted by atomic mass is 16.5. The van der Waals surface area contributed by atoms with Crippen molar-refractivity contribution in [2.24, 2.45) is 4.99 Å². The predicted molar refractivity (Wildman–Crippen MR) is 63.2 cm³/mol. The quantitative estimate of drug-likeness (QED) is 0.687. The molecule has 1 aromatic rings. The largest absolute Gasteiger partial charge is 0.497 e. The summed E-state index contributed by atoms with van der Waals surface area (Å²) >= 11 is 0. The van der Waals surface area contributed by atoms with Crippen molar-refractivity contribution >= 4 is 6.72 Å². The molecule has 0 radical (unpaired) electrons. The first-order valence-electron chi connectivity index (χ1n) is 4.67. The van der Waals surface area contributed by atoms with Gasteiger partial charge in [0.15, 0.2) is 0 Å². The average molecular weight is 204 g/mol. The van der Waals surface area contributed by atoms with Crippen LogP contribution in [0.5, 0.6) is 5.75 Å². The van der Waals surface area contributed by atoms with Crippen molar-refractivity contribution < 1.29 is 4.74 Å². The summed E-state index contributed by atoms with van der Waals surface area (Å²) in [5, 5.41) is 0. The summed E-state index contributed by atoms with van der Waals surface area (Å²) in [4.78, 5) is 5.71. The molecule has 0 fully saturated rings. The summed E-state index contributed by atoms with van der Waals surface area (Å²) < 4.78 is 5.08. The standard InChI is InChI=1S/C12H16N2O/c1-10(13-2)14(3)9-11-5-7-12(15-4)8-6-11/h5-8H,1-2,9H2,3-4H3. The zero-order valence-corrected chi connectivity index (χ0v) is 9.23. The smallest absolute Gasteiger partial charge is 0.120 e. The van der Waals surface area contributed by atoms with E-state index < -0.39 is 0 Å². The molecule has 0 heterocycles. The normalized spacial score (nSPS) is 9.47. The van der Waals surface area contributed by atoms with Gasteiger partial charge in [0.25, 0.3) is 0 Å². The van der Waals surface area contributed by atoms with Crippen molar-refractivity contribution in [1.82, 2.24) is 4.90 Å². The Labute approximate surface area is 90.7 Å². The fourth-order valence-electron chi connectivity index (χ4n) is 1.22. The van der Waals surface area contributed by atoms with Crippen LogP contribution in [0.25, 0.3) is 0 Å². The van der Waals surface area contributed by atoms with Crippen LogP contribution in [0.1, 0.15) is 5.56 Å². The van der Waals surface area contributed by atoms with Gasteiger partial charge in [-0.3, -0.25) is 0 Å². The third kappa shape index (κ3) is 3.13. The lowest BCUT2D eigenvalue weighted by Crippen LogP contribution is -2.14. The van der Waals surface area contributed by atoms with Crippen molar-refractivity contribution in [3.05, 3.63) is 42.2 Å². The van der Waals surface area contributed by atoms with Crippen LogP contribution in [0.4, 0.5) is 0 Å². The molecule has 80 valence electrons. The molecule has 0 atom stereocenters. The van der Waals surface area contributed by atoms with E-state index in [9.17, 15) is 0 Å². The maximum atomic E-state index is 5.08. The predicted octanol–water partition coefficient (Wildman–Crippen LogP) is 2.30. The second kappa shape index (κ2) is 5.20. The number of hydrogen-bond acceptors (Lipinski definition) is 3. The topological polar surface area (TPSA) is 24.8 Å². The Morgan fingerprint density at radius 1 is 1.40 bits per heavy atom. The summed E-state index contributed by atoms with van der Waals surface area (Å²) in [7, 11) is 3.59. The fraction of sp³-hybridized carbons (Fsp3) is 0.250. The second-order valence-electron chi connectivity index (χ2n) is 3.28. The third-order valence-electron chi connectivity index (χ3n) is 2.20. The number of ether oxygens (including phenoxy) is 1. The Kier molecular flexibility index (Phi) is 3.92. The molecule has 1 aromatic carbocycles. The maximum Gasteiger partial charge on any atom is 0.120 e. The van der Waals surface area contributed by atoms with Crippen LogP contribution in [0, 0.1) is 0 Å². The lowest BCUT2D eigenvalue weighted by molar-refractivity contribution is 0.405. The van der Waals surface area contributed by atoms with Crippen LogP contribution in [0.2, 0.25) is 0 Å². The molecule has 3 heteroatoms. The van der Waals surface area contributed by atoms with Gasteiger partial charge in [-0.05, 0) is 24.4 Å². The molecule has 0 aliphatic rings. The lowest BCUT2D eigenvalue weighted by atomic mass is 10.2. The van der Waals surface area contributed by atoms with E-state index in [2.05, 4.69) is 18.3 Å². The number of benzene rings is 1. The van der Waals surface area contributed by atoms with Gasteiger partial charge < -0.3 is 9.64 Å². The molecule has 0 unspecified atom stereocenters. The molecule has 0 N–H and O–H groups in total. The van der Waals surface area contributed by atoms with E-state index in [0.29, 0.717) is 5.82 Å². The maximum absolute atomic E-state index is 5.08. The van der Waals surface area contributed by atoms with Crippen LogP contribution in [-0.2, 0) is 6.54 Å². The van der Waals surface area contributed by atoms with Crippen LogP contribution >= 0.6 is 0 Å². The molecule has 15 heavy (non-hydrogen) atoms. The SMILES string of the molecule is C=NC(=C)N(C)Cc1ccc(OC)cc1. The second-order valence-corrected chi connectivity index (χ2v) is 3.28. The van der Waals surface area contributed by atoms with E-state index in [1.54, 1.807) is 7.11 Å². The summed E-state index contributed by atoms with van der Waals surface area (Å²) in [5.74, 6) is 1.54. The summed E-state index contributed by atoms with van der Waals surface area (Å²) in [6.45, 7) is 7.98. The lowest BCUT2D eigenvalue weighted by Gasteiger charge is -2.18. The zero-order chi connectivity index (χ0) is 11.3. The van der Waals surface area contributed by atoms with E-state index in [0.717, 1.165) is 12.3 Å². The van der Waals surface area contributed by atoms with Gasteiger partial charge in [-0.1, -0.05) is 18.7 Å². The zero-order valence-electron chi connectivity index (χ0n) is 9.23. The first-order valence-corrected chi connectivity index (χ1v) is 4.67. The van der Waals surface area contributed by atoms with E-state index in [1.165, 1.54) is 5.56 Å². The number of rotatable bonds is 5. The Bertz CT molecular complexity index is 343. The van der Waals surface area contributed by atoms with Gasteiger partial charge in [-0.15, -0.1) is 0 Å². The van der Waals surface area contributed by atoms with Crippen molar-refractivity contribution in [3.8, 4) is 5.75 Å². The average Bonchev–Trinajstić information content (AvgIpc) is 2.29. The van der Waals surface area contributed by atoms with Gasteiger partial charge in [0.2, 0.25) is 0 Å². The molecule has 0 spiro atoms. The molecule has 3 nitrogen and oxygen atoms in total. The number of nitrogens with zero attached hydrogens (tertiary/aromatic N) is 2. The Hall–Kier alpha value is -1.77. The molecule has 1 rings (SSSR count). The van der Waals surface area contributed by atoms with Crippen molar-refractivity contribution in [1.29, 1.82) is 0 Å². The van der Waals surface area contributed by atoms with Gasteiger partial charge >= 0.3 is 0 Å². The molecular weight excluding hydrogens is 188 g/mol. The molecule has 0 bridgehead atoms. The molecule has 0 aliphatic heterocycles. The minimum absolute atomic E-state index is 0.672. The van der Waals surface area contributed by atoms with Gasteiger partial charge in [0, 0.05) is 13.6 Å². The first-order chi connectivity index (χ1) is 7.17. The Morgan fingerprint density at radius 3 is 2.47 bits per heavy atom. The van der Waals surface area contributed by atoms with Gasteiger partial charge in [-0.25, -0.2) is 4.99 Å². The van der Waals surface area contributed by atoms with Crippen LogP contribution in [-0.4, -0.2) is 25.8 Å². The Morgan fingerprint density at radius 2 is 2.00 bits per heavy atom. The molecule has 0 aliphatic carbocycles. The van der Waals surface area contributed by atoms with Gasteiger partial charge in [0.1, 0.15) is 11.6 Å². The molecular formula is C12H16N2O.